The Morgan fingerprint density at radius 2 is 1.69 bits per heavy atom. The Balaban J connectivity index is 1.50. The molecule has 0 aliphatic carbocycles. The van der Waals surface area contributed by atoms with Crippen molar-refractivity contribution in [3.05, 3.63) is 63.4 Å². The van der Waals surface area contributed by atoms with E-state index >= 15 is 0 Å². The summed E-state index contributed by atoms with van der Waals surface area (Å²) in [5.74, 6) is 0. The fourth-order valence-electron chi connectivity index (χ4n) is 3.96. The first-order chi connectivity index (χ1) is 13.9. The van der Waals surface area contributed by atoms with Gasteiger partial charge in [-0.3, -0.25) is 0 Å². The average molecular weight is 491 g/mol. The van der Waals surface area contributed by atoms with Crippen molar-refractivity contribution >= 4 is 42.2 Å². The number of halogens is 1. The van der Waals surface area contributed by atoms with Gasteiger partial charge in [0, 0.05) is 28.5 Å². The Kier molecular flexibility index (Phi) is 5.82. The zero-order chi connectivity index (χ0) is 20.6. The molecule has 1 fully saturated rings. The van der Waals surface area contributed by atoms with Crippen LogP contribution in [-0.2, 0) is 9.84 Å². The van der Waals surface area contributed by atoms with Gasteiger partial charge < -0.3 is 4.90 Å². The van der Waals surface area contributed by atoms with Crippen LogP contribution in [0.2, 0.25) is 0 Å². The van der Waals surface area contributed by atoms with Gasteiger partial charge in [-0.1, -0.05) is 30.3 Å². The van der Waals surface area contributed by atoms with Crippen molar-refractivity contribution in [2.45, 2.75) is 36.8 Å². The minimum absolute atomic E-state index is 0.351. The maximum absolute atomic E-state index is 13.1. The lowest BCUT2D eigenvalue weighted by atomic mass is 10.0. The summed E-state index contributed by atoms with van der Waals surface area (Å²) < 4.78 is 26.7. The van der Waals surface area contributed by atoms with Crippen LogP contribution in [-0.4, -0.2) is 31.7 Å². The number of thiazole rings is 1. The monoisotopic (exact) mass is 490 g/mol. The molecule has 0 bridgehead atoms. The van der Waals surface area contributed by atoms with Crippen molar-refractivity contribution in [1.29, 1.82) is 0 Å². The molecule has 1 aliphatic rings. The molecule has 2 aromatic carbocycles. The Bertz CT molecular complexity index is 1110. The predicted octanol–water partition coefficient (Wildman–Crippen LogP) is 5.63. The van der Waals surface area contributed by atoms with Gasteiger partial charge in [-0.2, -0.15) is 0 Å². The van der Waals surface area contributed by atoms with E-state index in [2.05, 4.69) is 58.3 Å². The second-order valence-electron chi connectivity index (χ2n) is 7.44. The molecule has 7 heteroatoms. The first-order valence-corrected chi connectivity index (χ1v) is 12.9. The van der Waals surface area contributed by atoms with Crippen LogP contribution in [0.5, 0.6) is 0 Å². The summed E-state index contributed by atoms with van der Waals surface area (Å²) in [6, 6.07) is 13.4. The molecule has 0 saturated carbocycles. The van der Waals surface area contributed by atoms with Gasteiger partial charge in [-0.15, -0.1) is 11.3 Å². The van der Waals surface area contributed by atoms with Crippen LogP contribution in [0.3, 0.4) is 0 Å². The average Bonchev–Trinajstić information content (AvgIpc) is 3.18. The summed E-state index contributed by atoms with van der Waals surface area (Å²) in [6.07, 6.45) is 1.23. The molecule has 1 aliphatic heterocycles. The topological polar surface area (TPSA) is 50.3 Å². The summed E-state index contributed by atoms with van der Waals surface area (Å²) in [7, 11) is -3.34. The molecule has 1 aromatic heterocycles. The Hall–Kier alpha value is -1.70. The van der Waals surface area contributed by atoms with Crippen molar-refractivity contribution in [2.75, 3.05) is 18.0 Å². The minimum Gasteiger partial charge on any atom is -0.348 e. The maximum atomic E-state index is 13.1. The number of nitrogens with zero attached hydrogens (tertiary/aromatic N) is 2. The van der Waals surface area contributed by atoms with Crippen LogP contribution in [0.4, 0.5) is 5.13 Å². The Morgan fingerprint density at radius 1 is 1.03 bits per heavy atom. The van der Waals surface area contributed by atoms with Crippen LogP contribution in [0, 0.1) is 13.8 Å². The van der Waals surface area contributed by atoms with E-state index in [-0.39, 0.29) is 5.25 Å². The molecule has 152 valence electrons. The van der Waals surface area contributed by atoms with E-state index in [0.717, 1.165) is 10.8 Å². The largest absolute Gasteiger partial charge is 0.348 e. The molecule has 0 atom stereocenters. The number of rotatable bonds is 4. The number of benzene rings is 2. The molecule has 1 saturated heterocycles. The van der Waals surface area contributed by atoms with Crippen molar-refractivity contribution in [2.24, 2.45) is 0 Å². The minimum atomic E-state index is -3.34. The van der Waals surface area contributed by atoms with Gasteiger partial charge >= 0.3 is 0 Å². The number of aromatic nitrogens is 1. The molecule has 0 N–H and O–H groups in total. The summed E-state index contributed by atoms with van der Waals surface area (Å²) in [5.41, 5.74) is 4.64. The number of aryl methyl sites for hydroxylation is 2. The lowest BCUT2D eigenvalue weighted by molar-refractivity contribution is 0.529. The quantitative estimate of drug-likeness (QED) is 0.475. The van der Waals surface area contributed by atoms with E-state index in [1.54, 1.807) is 29.5 Å². The van der Waals surface area contributed by atoms with Gasteiger partial charge in [0.2, 0.25) is 0 Å². The number of hydrogen-bond acceptors (Lipinski definition) is 5. The lowest BCUT2D eigenvalue weighted by Gasteiger charge is -2.31. The maximum Gasteiger partial charge on any atom is 0.185 e. The Labute approximate surface area is 184 Å². The van der Waals surface area contributed by atoms with Crippen molar-refractivity contribution in [3.8, 4) is 11.3 Å². The SMILES string of the molecule is Cc1cccc(C)c1-c1csc(N2CCC(S(=O)(=O)c3ccccc3Br)CC2)n1. The smallest absolute Gasteiger partial charge is 0.185 e. The van der Waals surface area contributed by atoms with Gasteiger partial charge in [0.1, 0.15) is 0 Å². The zero-order valence-electron chi connectivity index (χ0n) is 16.4. The molecular formula is C22H23BrN2O2S2. The van der Waals surface area contributed by atoms with Crippen molar-refractivity contribution < 1.29 is 8.42 Å². The van der Waals surface area contributed by atoms with E-state index in [1.807, 2.05) is 6.07 Å². The number of sulfone groups is 1. The summed E-state index contributed by atoms with van der Waals surface area (Å²) >= 11 is 5.02. The normalized spacial score (nSPS) is 15.6. The van der Waals surface area contributed by atoms with Gasteiger partial charge in [0.25, 0.3) is 0 Å². The van der Waals surface area contributed by atoms with Gasteiger partial charge in [0.05, 0.1) is 15.8 Å². The first kappa shape index (κ1) is 20.6. The highest BCUT2D eigenvalue weighted by Gasteiger charge is 2.33. The van der Waals surface area contributed by atoms with Crippen LogP contribution in [0.1, 0.15) is 24.0 Å². The van der Waals surface area contributed by atoms with E-state index in [4.69, 9.17) is 4.98 Å². The molecular weight excluding hydrogens is 468 g/mol. The fraction of sp³-hybridized carbons (Fsp3) is 0.318. The second-order valence-corrected chi connectivity index (χ2v) is 11.3. The third-order valence-corrected chi connectivity index (χ3v) is 9.70. The molecule has 0 spiro atoms. The molecule has 0 radical (unpaired) electrons. The Morgan fingerprint density at radius 3 is 2.34 bits per heavy atom. The highest BCUT2D eigenvalue weighted by Crippen LogP contribution is 2.34. The summed E-state index contributed by atoms with van der Waals surface area (Å²) in [5, 5.41) is 2.73. The number of piperidine rings is 1. The predicted molar refractivity (Wildman–Crippen MR) is 124 cm³/mol. The fourth-order valence-corrected chi connectivity index (χ4v) is 7.59. The zero-order valence-corrected chi connectivity index (χ0v) is 19.6. The second kappa shape index (κ2) is 8.20. The lowest BCUT2D eigenvalue weighted by Crippen LogP contribution is -2.39. The third-order valence-electron chi connectivity index (χ3n) is 5.52. The van der Waals surface area contributed by atoms with Crippen molar-refractivity contribution in [3.63, 3.8) is 0 Å². The molecule has 29 heavy (non-hydrogen) atoms. The molecule has 4 nitrogen and oxygen atoms in total. The van der Waals surface area contributed by atoms with Crippen LogP contribution >= 0.6 is 27.3 Å². The standard InChI is InChI=1S/C22H23BrN2O2S2/c1-15-6-5-7-16(2)21(15)19-14-28-22(24-19)25-12-10-17(11-13-25)29(26,27)20-9-4-3-8-18(20)23/h3-9,14,17H,10-13H2,1-2H3. The molecule has 0 unspecified atom stereocenters. The van der Waals surface area contributed by atoms with Crippen molar-refractivity contribution in [1.82, 2.24) is 4.98 Å². The van der Waals surface area contributed by atoms with E-state index in [9.17, 15) is 8.42 Å². The summed E-state index contributed by atoms with van der Waals surface area (Å²) in [6.45, 7) is 5.63. The van der Waals surface area contributed by atoms with Crippen LogP contribution in [0.15, 0.2) is 57.2 Å². The highest BCUT2D eigenvalue weighted by molar-refractivity contribution is 9.10. The van der Waals surface area contributed by atoms with E-state index in [1.165, 1.54) is 16.7 Å². The van der Waals surface area contributed by atoms with E-state index < -0.39 is 9.84 Å². The first-order valence-electron chi connectivity index (χ1n) is 9.63. The van der Waals surface area contributed by atoms with Gasteiger partial charge in [-0.25, -0.2) is 13.4 Å². The molecule has 3 aromatic rings. The van der Waals surface area contributed by atoms with E-state index in [0.29, 0.717) is 35.3 Å². The summed E-state index contributed by atoms with van der Waals surface area (Å²) in [4.78, 5) is 7.48. The van der Waals surface area contributed by atoms with Gasteiger partial charge in [-0.05, 0) is 65.9 Å². The molecule has 2 heterocycles. The third kappa shape index (κ3) is 4.00. The van der Waals surface area contributed by atoms with Gasteiger partial charge in [0.15, 0.2) is 15.0 Å². The number of hydrogen-bond donors (Lipinski definition) is 0. The van der Waals surface area contributed by atoms with Crippen LogP contribution < -0.4 is 4.90 Å². The highest BCUT2D eigenvalue weighted by atomic mass is 79.9. The molecule has 0 amide bonds. The van der Waals surface area contributed by atoms with Crippen LogP contribution in [0.25, 0.3) is 11.3 Å². The number of anilines is 1. The molecule has 4 rings (SSSR count).